The largest absolute Gasteiger partial charge is 0.398 e. The molecule has 3 heteroatoms. The van der Waals surface area contributed by atoms with Gasteiger partial charge in [0.2, 0.25) is 0 Å². The molecular formula is C57H53N3. The second kappa shape index (κ2) is 17.2. The van der Waals surface area contributed by atoms with Crippen LogP contribution in [0, 0.1) is 6.92 Å². The average molecular weight is 780 g/mol. The normalized spacial score (nSPS) is 13.4. The summed E-state index contributed by atoms with van der Waals surface area (Å²) in [6.07, 6.45) is 22.0. The van der Waals surface area contributed by atoms with Gasteiger partial charge in [0.05, 0.1) is 11.0 Å². The van der Waals surface area contributed by atoms with Gasteiger partial charge < -0.3 is 14.9 Å². The zero-order valence-corrected chi connectivity index (χ0v) is 35.0. The van der Waals surface area contributed by atoms with Crippen LogP contribution >= 0.6 is 0 Å². The molecule has 0 aliphatic heterocycles. The van der Waals surface area contributed by atoms with Gasteiger partial charge in [0.15, 0.2) is 0 Å². The number of aryl methyl sites for hydroxylation is 2. The van der Waals surface area contributed by atoms with Crippen LogP contribution < -0.4 is 5.73 Å². The van der Waals surface area contributed by atoms with Crippen LogP contribution in [0.1, 0.15) is 72.3 Å². The van der Waals surface area contributed by atoms with E-state index < -0.39 is 0 Å². The molecule has 0 spiro atoms. The molecule has 10 rings (SSSR count). The van der Waals surface area contributed by atoms with Crippen LogP contribution in [-0.4, -0.2) is 9.13 Å². The number of nitrogens with zero attached hydrogens (tertiary/aromatic N) is 2. The first-order valence-electron chi connectivity index (χ1n) is 21.6. The van der Waals surface area contributed by atoms with Crippen LogP contribution in [0.15, 0.2) is 170 Å². The molecule has 0 saturated heterocycles. The molecular weight excluding hydrogens is 727 g/mol. The highest BCUT2D eigenvalue weighted by Gasteiger charge is 2.23. The van der Waals surface area contributed by atoms with E-state index in [0.29, 0.717) is 0 Å². The predicted octanol–water partition coefficient (Wildman–Crippen LogP) is 14.7. The van der Waals surface area contributed by atoms with Crippen molar-refractivity contribution in [2.45, 2.75) is 59.3 Å². The highest BCUT2D eigenvalue weighted by molar-refractivity contribution is 6.09. The fourth-order valence-electron chi connectivity index (χ4n) is 9.07. The number of benzene rings is 6. The maximum absolute atomic E-state index is 5.95. The first-order valence-corrected chi connectivity index (χ1v) is 21.6. The van der Waals surface area contributed by atoms with Crippen LogP contribution in [0.25, 0.3) is 73.3 Å². The Morgan fingerprint density at radius 3 is 1.63 bits per heavy atom. The summed E-state index contributed by atoms with van der Waals surface area (Å²) in [4.78, 5) is 0. The number of para-hydroxylation sites is 2. The molecule has 2 aliphatic rings. The molecule has 0 fully saturated rings. The van der Waals surface area contributed by atoms with Crippen molar-refractivity contribution in [3.05, 3.63) is 209 Å². The van der Waals surface area contributed by atoms with E-state index in [9.17, 15) is 0 Å². The summed E-state index contributed by atoms with van der Waals surface area (Å²) in [7, 11) is 0. The van der Waals surface area contributed by atoms with Crippen LogP contribution in [0.2, 0.25) is 0 Å². The lowest BCUT2D eigenvalue weighted by Crippen LogP contribution is -2.02. The van der Waals surface area contributed by atoms with E-state index in [1.807, 2.05) is 30.4 Å². The topological polar surface area (TPSA) is 35.9 Å². The van der Waals surface area contributed by atoms with Gasteiger partial charge in [-0.15, -0.1) is 0 Å². The number of fused-ring (bicyclic) bond motifs is 6. The Balaban J connectivity index is 0.000000283. The van der Waals surface area contributed by atoms with E-state index in [-0.39, 0.29) is 0 Å². The summed E-state index contributed by atoms with van der Waals surface area (Å²) in [6.45, 7) is 6.42. The maximum Gasteiger partial charge on any atom is 0.0541 e. The maximum atomic E-state index is 5.95. The zero-order valence-electron chi connectivity index (χ0n) is 35.0. The lowest BCUT2D eigenvalue weighted by atomic mass is 9.94. The molecule has 8 aromatic rings. The van der Waals surface area contributed by atoms with E-state index >= 15 is 0 Å². The van der Waals surface area contributed by atoms with Gasteiger partial charge in [-0.25, -0.2) is 0 Å². The summed E-state index contributed by atoms with van der Waals surface area (Å²) >= 11 is 0. The van der Waals surface area contributed by atoms with Crippen molar-refractivity contribution in [2.24, 2.45) is 5.73 Å². The quantitative estimate of drug-likeness (QED) is 0.153. The van der Waals surface area contributed by atoms with Crippen LogP contribution in [0.5, 0.6) is 0 Å². The van der Waals surface area contributed by atoms with Gasteiger partial charge in [0.25, 0.3) is 0 Å². The molecule has 60 heavy (non-hydrogen) atoms. The zero-order chi connectivity index (χ0) is 41.0. The minimum absolute atomic E-state index is 0.827. The molecule has 296 valence electrons. The number of aromatic nitrogens is 2. The summed E-state index contributed by atoms with van der Waals surface area (Å²) in [5, 5.41) is 2.58. The Bertz CT molecular complexity index is 2850. The smallest absolute Gasteiger partial charge is 0.0541 e. The second-order valence-corrected chi connectivity index (χ2v) is 16.0. The van der Waals surface area contributed by atoms with Crippen LogP contribution in [-0.2, 0) is 19.3 Å². The van der Waals surface area contributed by atoms with Gasteiger partial charge in [0.1, 0.15) is 0 Å². The number of hydrogen-bond donors (Lipinski definition) is 1. The van der Waals surface area contributed by atoms with Crippen molar-refractivity contribution >= 4 is 39.7 Å². The van der Waals surface area contributed by atoms with E-state index in [1.54, 1.807) is 11.1 Å². The average Bonchev–Trinajstić information content (AvgIpc) is 3.82. The summed E-state index contributed by atoms with van der Waals surface area (Å²) in [6, 6.07) is 50.9. The van der Waals surface area contributed by atoms with Crippen molar-refractivity contribution in [1.82, 2.24) is 9.13 Å². The van der Waals surface area contributed by atoms with Gasteiger partial charge in [-0.2, -0.15) is 0 Å². The van der Waals surface area contributed by atoms with Gasteiger partial charge in [-0.05, 0) is 151 Å². The lowest BCUT2D eigenvalue weighted by molar-refractivity contribution is 0.922. The van der Waals surface area contributed by atoms with Crippen molar-refractivity contribution in [3.8, 4) is 33.6 Å². The molecule has 3 nitrogen and oxygen atoms in total. The Morgan fingerprint density at radius 1 is 0.583 bits per heavy atom. The minimum atomic E-state index is 0.827. The number of rotatable bonds is 8. The molecule has 0 radical (unpaired) electrons. The van der Waals surface area contributed by atoms with Crippen molar-refractivity contribution in [1.29, 1.82) is 0 Å². The highest BCUT2D eigenvalue weighted by atomic mass is 15.0. The molecule has 0 saturated carbocycles. The summed E-state index contributed by atoms with van der Waals surface area (Å²) in [5.74, 6) is 0. The first kappa shape index (κ1) is 38.7. The second-order valence-electron chi connectivity index (χ2n) is 16.0. The van der Waals surface area contributed by atoms with Gasteiger partial charge >= 0.3 is 0 Å². The molecule has 0 amide bonds. The SMILES string of the molecule is CC/C=C\C=C(/N)c1ccccc1C.CCc1cc(-c2ccc(-n3c4c(c5c3C=CCC5)CCC=C4)cc2)cc(-c2ccc(-n3c4ccccc4c4ccccc43)cc2)c1. The first-order chi connectivity index (χ1) is 29.5. The van der Waals surface area contributed by atoms with Crippen LogP contribution in [0.3, 0.4) is 0 Å². The van der Waals surface area contributed by atoms with Crippen molar-refractivity contribution in [3.63, 3.8) is 0 Å². The lowest BCUT2D eigenvalue weighted by Gasteiger charge is -2.15. The third-order valence-electron chi connectivity index (χ3n) is 12.1. The minimum Gasteiger partial charge on any atom is -0.398 e. The Morgan fingerprint density at radius 2 is 1.10 bits per heavy atom. The van der Waals surface area contributed by atoms with E-state index in [4.69, 9.17) is 5.73 Å². The molecule has 2 aliphatic carbocycles. The van der Waals surface area contributed by atoms with E-state index in [2.05, 4.69) is 182 Å². The number of nitrogens with two attached hydrogens (primary N) is 1. The van der Waals surface area contributed by atoms with Gasteiger partial charge in [0, 0.05) is 44.8 Å². The highest BCUT2D eigenvalue weighted by Crippen LogP contribution is 2.37. The third-order valence-corrected chi connectivity index (χ3v) is 12.1. The Labute approximate surface area is 355 Å². The van der Waals surface area contributed by atoms with Crippen LogP contribution in [0.4, 0.5) is 0 Å². The fourth-order valence-corrected chi connectivity index (χ4v) is 9.07. The van der Waals surface area contributed by atoms with E-state index in [1.165, 1.54) is 77.9 Å². The standard InChI is InChI=1S/C44H36N2.C13H17N/c1-2-30-27-33(31-19-23-35(24-20-31)45-41-15-7-3-11-37(41)38-12-4-8-16-42(38)45)29-34(28-30)32-21-25-36(26-22-32)46-43-17-9-5-13-39(43)40-14-6-10-18-44(40)46;1-3-4-5-10-13(14)12-9-7-6-8-11(12)2/h3-4,7-12,15-29H,2,5-6,13-14H2,1H3;4-10H,3,14H2,1-2H3/b;5-4-,13-10-. The van der Waals surface area contributed by atoms with Gasteiger partial charge in [-0.1, -0.05) is 135 Å². The van der Waals surface area contributed by atoms with E-state index in [0.717, 1.165) is 49.8 Å². The molecule has 2 N–H and O–H groups in total. The third kappa shape index (κ3) is 7.48. The Kier molecular flexibility index (Phi) is 11.1. The Hall–Kier alpha value is -6.84. The predicted molar refractivity (Wildman–Crippen MR) is 258 cm³/mol. The number of hydrogen-bond acceptors (Lipinski definition) is 1. The summed E-state index contributed by atoms with van der Waals surface area (Å²) < 4.78 is 4.86. The molecule has 0 unspecified atom stereocenters. The van der Waals surface area contributed by atoms with Crippen molar-refractivity contribution in [2.75, 3.05) is 0 Å². The monoisotopic (exact) mass is 779 g/mol. The molecule has 6 aromatic carbocycles. The summed E-state index contributed by atoms with van der Waals surface area (Å²) in [5.41, 5.74) is 26.2. The fraction of sp³-hybridized carbons (Fsp3) is 0.158. The number of allylic oxidation sites excluding steroid dienone is 5. The van der Waals surface area contributed by atoms with Crippen molar-refractivity contribution < 1.29 is 0 Å². The molecule has 0 atom stereocenters. The van der Waals surface area contributed by atoms with Gasteiger partial charge in [-0.3, -0.25) is 0 Å². The molecule has 2 aromatic heterocycles. The molecule has 0 bridgehead atoms. The molecule has 2 heterocycles.